The molecule has 0 spiro atoms. The minimum atomic E-state index is -0.331. The van der Waals surface area contributed by atoms with Crippen LogP contribution in [0.3, 0.4) is 0 Å². The molecule has 0 unspecified atom stereocenters. The van der Waals surface area contributed by atoms with E-state index in [4.69, 9.17) is 14.0 Å². The number of aryl methyl sites for hydroxylation is 2. The Morgan fingerprint density at radius 1 is 1.19 bits per heavy atom. The molecule has 0 aliphatic carbocycles. The van der Waals surface area contributed by atoms with Crippen LogP contribution in [0.25, 0.3) is 6.08 Å². The number of hydrogen-bond acceptors (Lipinski definition) is 5. The van der Waals surface area contributed by atoms with Gasteiger partial charge in [-0.25, -0.2) is 4.39 Å². The number of benzene rings is 2. The number of carbonyl (C=O) groups is 1. The molecule has 0 bridgehead atoms. The molecule has 0 radical (unpaired) electrons. The maximum atomic E-state index is 13.8. The van der Waals surface area contributed by atoms with E-state index in [1.807, 2.05) is 19.9 Å². The Morgan fingerprint density at radius 3 is 2.65 bits per heavy atom. The first-order valence-corrected chi connectivity index (χ1v) is 9.78. The third-order valence-electron chi connectivity index (χ3n) is 4.90. The molecule has 7 heteroatoms. The lowest BCUT2D eigenvalue weighted by molar-refractivity contribution is -0.125. The number of nitrogens with zero attached hydrogens (tertiary/aromatic N) is 2. The number of rotatable bonds is 8. The number of hydrogen-bond donors (Lipinski definition) is 0. The van der Waals surface area contributed by atoms with Gasteiger partial charge in [0.15, 0.2) is 11.5 Å². The standard InChI is InChI=1S/C24H25FN2O4/c1-16-20(17(2)31-26-16)15-30-22-11-9-18(13-23(22)29-4)10-12-24(28)27(3)14-19-7-5-6-8-21(19)25/h5-13H,14-15H2,1-4H3/b12-10+. The van der Waals surface area contributed by atoms with Crippen molar-refractivity contribution in [2.24, 2.45) is 0 Å². The van der Waals surface area contributed by atoms with E-state index in [-0.39, 0.29) is 18.3 Å². The molecule has 0 atom stereocenters. The molecule has 1 amide bonds. The van der Waals surface area contributed by atoms with Crippen molar-refractivity contribution in [3.05, 3.63) is 82.5 Å². The van der Waals surface area contributed by atoms with Crippen molar-refractivity contribution in [1.29, 1.82) is 0 Å². The summed E-state index contributed by atoms with van der Waals surface area (Å²) in [7, 11) is 3.18. The summed E-state index contributed by atoms with van der Waals surface area (Å²) in [5.41, 5.74) is 2.92. The first-order valence-electron chi connectivity index (χ1n) is 9.78. The largest absolute Gasteiger partial charge is 0.493 e. The van der Waals surface area contributed by atoms with Crippen molar-refractivity contribution in [2.45, 2.75) is 27.0 Å². The van der Waals surface area contributed by atoms with Gasteiger partial charge in [-0.15, -0.1) is 0 Å². The van der Waals surface area contributed by atoms with Crippen LogP contribution >= 0.6 is 0 Å². The molecule has 31 heavy (non-hydrogen) atoms. The smallest absolute Gasteiger partial charge is 0.246 e. The van der Waals surface area contributed by atoms with Crippen molar-refractivity contribution < 1.29 is 23.2 Å². The Balaban J connectivity index is 1.65. The minimum absolute atomic E-state index is 0.188. The summed E-state index contributed by atoms with van der Waals surface area (Å²) in [6.07, 6.45) is 3.13. The molecule has 0 fully saturated rings. The number of ether oxygens (including phenoxy) is 2. The van der Waals surface area contributed by atoms with Crippen molar-refractivity contribution in [3.63, 3.8) is 0 Å². The molecule has 3 aromatic rings. The van der Waals surface area contributed by atoms with E-state index in [2.05, 4.69) is 5.16 Å². The zero-order chi connectivity index (χ0) is 22.4. The van der Waals surface area contributed by atoms with E-state index in [9.17, 15) is 9.18 Å². The summed E-state index contributed by atoms with van der Waals surface area (Å²) in [5, 5.41) is 3.92. The van der Waals surface area contributed by atoms with E-state index >= 15 is 0 Å². The van der Waals surface area contributed by atoms with Gasteiger partial charge in [0.2, 0.25) is 5.91 Å². The molecule has 0 saturated heterocycles. The molecule has 1 aromatic heterocycles. The number of aromatic nitrogens is 1. The van der Waals surface area contributed by atoms with Crippen molar-refractivity contribution in [1.82, 2.24) is 10.1 Å². The summed E-state index contributed by atoms with van der Waals surface area (Å²) in [4.78, 5) is 13.8. The quantitative estimate of drug-likeness (QED) is 0.491. The number of carbonyl (C=O) groups excluding carboxylic acids is 1. The highest BCUT2D eigenvalue weighted by molar-refractivity contribution is 5.91. The van der Waals surface area contributed by atoms with Gasteiger partial charge in [0.25, 0.3) is 0 Å². The Hall–Kier alpha value is -3.61. The Kier molecular flexibility index (Phi) is 7.07. The van der Waals surface area contributed by atoms with Crippen LogP contribution in [-0.2, 0) is 17.9 Å². The number of halogens is 1. The van der Waals surface area contributed by atoms with Crippen LogP contribution in [0, 0.1) is 19.7 Å². The van der Waals surface area contributed by atoms with E-state index in [0.29, 0.717) is 29.4 Å². The average molecular weight is 424 g/mol. The van der Waals surface area contributed by atoms with Gasteiger partial charge < -0.3 is 18.9 Å². The highest BCUT2D eigenvalue weighted by atomic mass is 19.1. The number of amides is 1. The van der Waals surface area contributed by atoms with E-state index in [1.165, 1.54) is 17.0 Å². The van der Waals surface area contributed by atoms with Crippen LogP contribution in [0.15, 0.2) is 53.1 Å². The van der Waals surface area contributed by atoms with Crippen LogP contribution in [-0.4, -0.2) is 30.1 Å². The minimum Gasteiger partial charge on any atom is -0.493 e. The van der Waals surface area contributed by atoms with Crippen LogP contribution in [0.4, 0.5) is 4.39 Å². The fourth-order valence-electron chi connectivity index (χ4n) is 3.02. The fraction of sp³-hybridized carbons (Fsp3) is 0.250. The molecule has 0 N–H and O–H groups in total. The lowest BCUT2D eigenvalue weighted by atomic mass is 10.1. The molecular formula is C24H25FN2O4. The van der Waals surface area contributed by atoms with Crippen molar-refractivity contribution >= 4 is 12.0 Å². The number of likely N-dealkylation sites (N-methyl/N-ethyl adjacent to an activating group) is 1. The summed E-state index contributed by atoms with van der Waals surface area (Å²) in [5.74, 6) is 1.27. The zero-order valence-corrected chi connectivity index (χ0v) is 18.0. The molecule has 6 nitrogen and oxygen atoms in total. The van der Waals surface area contributed by atoms with Gasteiger partial charge in [-0.2, -0.15) is 0 Å². The van der Waals surface area contributed by atoms with E-state index < -0.39 is 0 Å². The second-order valence-corrected chi connectivity index (χ2v) is 7.12. The summed E-state index contributed by atoms with van der Waals surface area (Å²) in [6.45, 7) is 4.20. The molecule has 162 valence electrons. The van der Waals surface area contributed by atoms with Gasteiger partial charge in [-0.1, -0.05) is 29.4 Å². The lowest BCUT2D eigenvalue weighted by Gasteiger charge is -2.15. The predicted molar refractivity (Wildman–Crippen MR) is 115 cm³/mol. The van der Waals surface area contributed by atoms with Crippen LogP contribution < -0.4 is 9.47 Å². The average Bonchev–Trinajstić information content (AvgIpc) is 3.09. The highest BCUT2D eigenvalue weighted by Gasteiger charge is 2.12. The first kappa shape index (κ1) is 22.1. The Labute approximate surface area is 180 Å². The third kappa shape index (κ3) is 5.51. The fourth-order valence-corrected chi connectivity index (χ4v) is 3.02. The zero-order valence-electron chi connectivity index (χ0n) is 18.0. The van der Waals surface area contributed by atoms with Gasteiger partial charge >= 0.3 is 0 Å². The highest BCUT2D eigenvalue weighted by Crippen LogP contribution is 2.30. The predicted octanol–water partition coefficient (Wildman–Crippen LogP) is 4.69. The molecule has 1 heterocycles. The lowest BCUT2D eigenvalue weighted by Crippen LogP contribution is -2.24. The normalized spacial score (nSPS) is 11.0. The maximum absolute atomic E-state index is 13.8. The number of methoxy groups -OCH3 is 1. The van der Waals surface area contributed by atoms with E-state index in [0.717, 1.165) is 16.8 Å². The van der Waals surface area contributed by atoms with Gasteiger partial charge in [-0.05, 0) is 43.7 Å². The Bertz CT molecular complexity index is 1070. The monoisotopic (exact) mass is 424 g/mol. The van der Waals surface area contributed by atoms with E-state index in [1.54, 1.807) is 50.6 Å². The summed E-state index contributed by atoms with van der Waals surface area (Å²) >= 11 is 0. The second kappa shape index (κ2) is 9.93. The van der Waals surface area contributed by atoms with Crippen LogP contribution in [0.2, 0.25) is 0 Å². The van der Waals surface area contributed by atoms with Gasteiger partial charge in [0, 0.05) is 25.2 Å². The van der Waals surface area contributed by atoms with Crippen molar-refractivity contribution in [2.75, 3.05) is 14.2 Å². The molecule has 0 aliphatic rings. The molecule has 0 saturated carbocycles. The second-order valence-electron chi connectivity index (χ2n) is 7.12. The first-order chi connectivity index (χ1) is 14.9. The van der Waals surface area contributed by atoms with Crippen LogP contribution in [0.1, 0.15) is 28.1 Å². The summed E-state index contributed by atoms with van der Waals surface area (Å²) < 4.78 is 30.2. The maximum Gasteiger partial charge on any atom is 0.246 e. The third-order valence-corrected chi connectivity index (χ3v) is 4.90. The topological polar surface area (TPSA) is 64.8 Å². The van der Waals surface area contributed by atoms with Gasteiger partial charge in [0.05, 0.1) is 18.4 Å². The SMILES string of the molecule is COc1cc(/C=C/C(=O)N(C)Cc2ccccc2F)ccc1OCc1c(C)noc1C. The molecule has 3 rings (SSSR count). The van der Waals surface area contributed by atoms with Crippen LogP contribution in [0.5, 0.6) is 11.5 Å². The van der Waals surface area contributed by atoms with Gasteiger partial charge in [0.1, 0.15) is 18.2 Å². The molecule has 0 aliphatic heterocycles. The van der Waals surface area contributed by atoms with Gasteiger partial charge in [-0.3, -0.25) is 4.79 Å². The molecule has 2 aromatic carbocycles. The Morgan fingerprint density at radius 2 is 1.97 bits per heavy atom. The van der Waals surface area contributed by atoms with Crippen molar-refractivity contribution in [3.8, 4) is 11.5 Å². The molecular weight excluding hydrogens is 399 g/mol. The summed E-state index contributed by atoms with van der Waals surface area (Å²) in [6, 6.07) is 11.8.